The van der Waals surface area contributed by atoms with Gasteiger partial charge in [-0.1, -0.05) is 13.0 Å². The molecule has 0 atom stereocenters. The molecule has 1 aromatic carbocycles. The van der Waals surface area contributed by atoms with Gasteiger partial charge in [0.15, 0.2) is 0 Å². The Kier molecular flexibility index (Phi) is 5.07. The second kappa shape index (κ2) is 6.58. The van der Waals surface area contributed by atoms with Crippen LogP contribution in [0.15, 0.2) is 22.7 Å². The maximum Gasteiger partial charge on any atom is 0.0510 e. The second-order valence-electron chi connectivity index (χ2n) is 5.16. The lowest BCUT2D eigenvalue weighted by atomic mass is 9.91. The van der Waals surface area contributed by atoms with Gasteiger partial charge in [0.25, 0.3) is 0 Å². The molecule has 2 rings (SSSR count). The third kappa shape index (κ3) is 3.27. The summed E-state index contributed by atoms with van der Waals surface area (Å²) in [4.78, 5) is 2.41. The SMILES string of the molecule is CCCNCc1ccc(N(C)C2CCC2)c(Br)c1. The van der Waals surface area contributed by atoms with E-state index in [9.17, 15) is 0 Å². The van der Waals surface area contributed by atoms with Crippen LogP contribution in [0.1, 0.15) is 38.2 Å². The summed E-state index contributed by atoms with van der Waals surface area (Å²) in [5, 5.41) is 3.44. The molecule has 0 saturated heterocycles. The Morgan fingerprint density at radius 1 is 1.39 bits per heavy atom. The van der Waals surface area contributed by atoms with E-state index in [2.05, 4.69) is 58.3 Å². The van der Waals surface area contributed by atoms with Crippen molar-refractivity contribution >= 4 is 21.6 Å². The van der Waals surface area contributed by atoms with Gasteiger partial charge in [0, 0.05) is 24.1 Å². The van der Waals surface area contributed by atoms with E-state index in [0.717, 1.165) is 19.1 Å². The molecule has 0 heterocycles. The van der Waals surface area contributed by atoms with E-state index in [4.69, 9.17) is 0 Å². The zero-order valence-corrected chi connectivity index (χ0v) is 13.0. The van der Waals surface area contributed by atoms with Gasteiger partial charge in [-0.3, -0.25) is 0 Å². The molecule has 0 spiro atoms. The molecule has 1 N–H and O–H groups in total. The van der Waals surface area contributed by atoms with Gasteiger partial charge in [0.2, 0.25) is 0 Å². The number of rotatable bonds is 6. The molecule has 0 radical (unpaired) electrons. The molecule has 1 aliphatic rings. The first kappa shape index (κ1) is 13.9. The monoisotopic (exact) mass is 310 g/mol. The zero-order chi connectivity index (χ0) is 13.0. The molecule has 3 heteroatoms. The van der Waals surface area contributed by atoms with Gasteiger partial charge in [0.1, 0.15) is 0 Å². The Morgan fingerprint density at radius 2 is 2.17 bits per heavy atom. The molecule has 0 amide bonds. The van der Waals surface area contributed by atoms with Crippen LogP contribution in [-0.4, -0.2) is 19.6 Å². The molecule has 18 heavy (non-hydrogen) atoms. The standard InChI is InChI=1S/C15H23BrN2/c1-3-9-17-11-12-7-8-15(14(16)10-12)18(2)13-5-4-6-13/h7-8,10,13,17H,3-6,9,11H2,1-2H3. The van der Waals surface area contributed by atoms with Crippen LogP contribution in [0.25, 0.3) is 0 Å². The highest BCUT2D eigenvalue weighted by Gasteiger charge is 2.23. The maximum atomic E-state index is 3.71. The summed E-state index contributed by atoms with van der Waals surface area (Å²) >= 11 is 3.71. The van der Waals surface area contributed by atoms with Crippen LogP contribution >= 0.6 is 15.9 Å². The average Bonchev–Trinajstić information content (AvgIpc) is 2.27. The molecule has 2 nitrogen and oxygen atoms in total. The van der Waals surface area contributed by atoms with Crippen LogP contribution in [0.5, 0.6) is 0 Å². The molecule has 0 aromatic heterocycles. The number of nitrogens with zero attached hydrogens (tertiary/aromatic N) is 1. The van der Waals surface area contributed by atoms with Gasteiger partial charge in [-0.15, -0.1) is 0 Å². The quantitative estimate of drug-likeness (QED) is 0.801. The van der Waals surface area contributed by atoms with Crippen molar-refractivity contribution in [2.45, 2.75) is 45.2 Å². The minimum Gasteiger partial charge on any atom is -0.371 e. The van der Waals surface area contributed by atoms with Crippen LogP contribution in [0.2, 0.25) is 0 Å². The summed E-state index contributed by atoms with van der Waals surface area (Å²) in [5.41, 5.74) is 2.67. The number of nitrogens with one attached hydrogen (secondary N) is 1. The normalized spacial score (nSPS) is 15.5. The predicted molar refractivity (Wildman–Crippen MR) is 82.2 cm³/mol. The zero-order valence-electron chi connectivity index (χ0n) is 11.4. The Bertz CT molecular complexity index is 388. The second-order valence-corrected chi connectivity index (χ2v) is 6.01. The smallest absolute Gasteiger partial charge is 0.0510 e. The minimum atomic E-state index is 0.741. The van der Waals surface area contributed by atoms with Crippen molar-refractivity contribution in [3.05, 3.63) is 28.2 Å². The molecule has 1 aromatic rings. The van der Waals surface area contributed by atoms with Gasteiger partial charge in [-0.2, -0.15) is 0 Å². The first-order valence-electron chi connectivity index (χ1n) is 6.94. The molecule has 1 aliphatic carbocycles. The van der Waals surface area contributed by atoms with Crippen LogP contribution in [0.3, 0.4) is 0 Å². The Labute approximate surface area is 119 Å². The lowest BCUT2D eigenvalue weighted by Crippen LogP contribution is -2.37. The van der Waals surface area contributed by atoms with Crippen LogP contribution in [-0.2, 0) is 6.54 Å². The summed E-state index contributed by atoms with van der Waals surface area (Å²) in [7, 11) is 2.21. The van der Waals surface area contributed by atoms with Crippen LogP contribution in [0, 0.1) is 0 Å². The number of benzene rings is 1. The summed E-state index contributed by atoms with van der Waals surface area (Å²) in [6, 6.07) is 7.46. The number of halogens is 1. The molecule has 0 bridgehead atoms. The summed E-state index contributed by atoms with van der Waals surface area (Å²) in [6.07, 6.45) is 5.24. The largest absolute Gasteiger partial charge is 0.371 e. The van der Waals surface area contributed by atoms with Crippen molar-refractivity contribution in [1.82, 2.24) is 5.32 Å². The fraction of sp³-hybridized carbons (Fsp3) is 0.600. The summed E-state index contributed by atoms with van der Waals surface area (Å²) < 4.78 is 1.22. The number of anilines is 1. The van der Waals surface area contributed by atoms with Crippen molar-refractivity contribution in [2.75, 3.05) is 18.5 Å². The molecule has 1 saturated carbocycles. The topological polar surface area (TPSA) is 15.3 Å². The highest BCUT2D eigenvalue weighted by atomic mass is 79.9. The van der Waals surface area contributed by atoms with E-state index in [1.165, 1.54) is 41.4 Å². The Morgan fingerprint density at radius 3 is 2.72 bits per heavy atom. The fourth-order valence-corrected chi connectivity index (χ4v) is 3.03. The van der Waals surface area contributed by atoms with Gasteiger partial charge >= 0.3 is 0 Å². The van der Waals surface area contributed by atoms with Gasteiger partial charge in [-0.25, -0.2) is 0 Å². The molecule has 0 aliphatic heterocycles. The predicted octanol–water partition coefficient (Wildman–Crippen LogP) is 3.94. The Hall–Kier alpha value is -0.540. The summed E-state index contributed by atoms with van der Waals surface area (Å²) in [6.45, 7) is 4.24. The highest BCUT2D eigenvalue weighted by molar-refractivity contribution is 9.10. The molecule has 0 unspecified atom stereocenters. The van der Waals surface area contributed by atoms with E-state index in [0.29, 0.717) is 0 Å². The molecule has 100 valence electrons. The number of hydrogen-bond acceptors (Lipinski definition) is 2. The summed E-state index contributed by atoms with van der Waals surface area (Å²) in [5.74, 6) is 0. The van der Waals surface area contributed by atoms with Gasteiger partial charge in [0.05, 0.1) is 5.69 Å². The highest BCUT2D eigenvalue weighted by Crippen LogP contribution is 2.33. The van der Waals surface area contributed by atoms with Crippen molar-refractivity contribution in [3.8, 4) is 0 Å². The van der Waals surface area contributed by atoms with Gasteiger partial charge in [-0.05, 0) is 65.9 Å². The third-order valence-corrected chi connectivity index (χ3v) is 4.41. The van der Waals surface area contributed by atoms with E-state index in [1.54, 1.807) is 0 Å². The lowest BCUT2D eigenvalue weighted by Gasteiger charge is -2.37. The molecular formula is C15H23BrN2. The van der Waals surface area contributed by atoms with E-state index in [1.807, 2.05) is 0 Å². The van der Waals surface area contributed by atoms with Crippen molar-refractivity contribution in [1.29, 1.82) is 0 Å². The van der Waals surface area contributed by atoms with E-state index in [-0.39, 0.29) is 0 Å². The maximum absolute atomic E-state index is 3.71. The van der Waals surface area contributed by atoms with Crippen LogP contribution < -0.4 is 10.2 Å². The van der Waals surface area contributed by atoms with Crippen molar-refractivity contribution in [2.24, 2.45) is 0 Å². The average molecular weight is 311 g/mol. The van der Waals surface area contributed by atoms with E-state index < -0.39 is 0 Å². The van der Waals surface area contributed by atoms with Gasteiger partial charge < -0.3 is 10.2 Å². The third-order valence-electron chi connectivity index (χ3n) is 3.77. The minimum absolute atomic E-state index is 0.741. The molecular weight excluding hydrogens is 288 g/mol. The van der Waals surface area contributed by atoms with Crippen LogP contribution in [0.4, 0.5) is 5.69 Å². The first-order chi connectivity index (χ1) is 8.72. The molecule has 1 fully saturated rings. The van der Waals surface area contributed by atoms with Crippen molar-refractivity contribution in [3.63, 3.8) is 0 Å². The fourth-order valence-electron chi connectivity index (χ4n) is 2.33. The Balaban J connectivity index is 2.00. The van der Waals surface area contributed by atoms with E-state index >= 15 is 0 Å². The van der Waals surface area contributed by atoms with Crippen molar-refractivity contribution < 1.29 is 0 Å². The lowest BCUT2D eigenvalue weighted by molar-refractivity contribution is 0.401. The number of hydrogen-bond donors (Lipinski definition) is 1. The first-order valence-corrected chi connectivity index (χ1v) is 7.73.